The van der Waals surface area contributed by atoms with Crippen molar-refractivity contribution in [2.45, 2.75) is 76.9 Å². The van der Waals surface area contributed by atoms with Gasteiger partial charge in [-0.25, -0.2) is 4.79 Å². The number of aliphatic carboxylic acids is 1. The Morgan fingerprint density at radius 3 is 1.88 bits per heavy atom. The number of aliphatic hydroxyl groups excluding tert-OH is 2. The lowest BCUT2D eigenvalue weighted by atomic mass is 9.96. The average Bonchev–Trinajstić information content (AvgIpc) is 2.79. The van der Waals surface area contributed by atoms with E-state index in [1.54, 1.807) is 44.2 Å². The first-order valence-electron chi connectivity index (χ1n) is 11.2. The summed E-state index contributed by atoms with van der Waals surface area (Å²) in [4.78, 5) is 49.9. The lowest BCUT2D eigenvalue weighted by Crippen LogP contribution is -2.60. The number of carboxylic acid groups (broad SMARTS) is 1. The Balaban J connectivity index is 3.14. The van der Waals surface area contributed by atoms with Crippen LogP contribution in [0.4, 0.5) is 0 Å². The van der Waals surface area contributed by atoms with Gasteiger partial charge in [0, 0.05) is 6.42 Å². The molecule has 1 aromatic rings. The first kappa shape index (κ1) is 29.0. The molecule has 7 atom stereocenters. The fourth-order valence-electron chi connectivity index (χ4n) is 3.13. The lowest BCUT2D eigenvalue weighted by molar-refractivity contribution is -0.145. The highest BCUT2D eigenvalue weighted by Crippen LogP contribution is 2.11. The molecule has 0 radical (unpaired) electrons. The Bertz CT molecular complexity index is 832. The Labute approximate surface area is 199 Å². The number of nitrogens with two attached hydrogens (primary N) is 1. The van der Waals surface area contributed by atoms with Gasteiger partial charge in [-0.3, -0.25) is 14.4 Å². The summed E-state index contributed by atoms with van der Waals surface area (Å²) in [5.41, 5.74) is 6.43. The number of benzene rings is 1. The van der Waals surface area contributed by atoms with Gasteiger partial charge in [-0.1, -0.05) is 50.6 Å². The van der Waals surface area contributed by atoms with Gasteiger partial charge in [0.25, 0.3) is 0 Å². The van der Waals surface area contributed by atoms with E-state index in [0.29, 0.717) is 6.42 Å². The van der Waals surface area contributed by atoms with Crippen molar-refractivity contribution in [2.75, 3.05) is 0 Å². The van der Waals surface area contributed by atoms with Crippen molar-refractivity contribution in [1.82, 2.24) is 16.0 Å². The van der Waals surface area contributed by atoms with Crippen LogP contribution in [0.1, 0.15) is 39.7 Å². The molecule has 0 fully saturated rings. The van der Waals surface area contributed by atoms with Gasteiger partial charge in [-0.05, 0) is 25.3 Å². The smallest absolute Gasteiger partial charge is 0.328 e. The zero-order valence-electron chi connectivity index (χ0n) is 19.9. The number of rotatable bonds is 13. The van der Waals surface area contributed by atoms with Gasteiger partial charge in [0.05, 0.1) is 12.2 Å². The summed E-state index contributed by atoms with van der Waals surface area (Å²) < 4.78 is 0. The molecule has 0 saturated carbocycles. The molecule has 7 unspecified atom stereocenters. The topological polar surface area (TPSA) is 191 Å². The minimum Gasteiger partial charge on any atom is -0.480 e. The molecule has 1 rings (SSSR count). The van der Waals surface area contributed by atoms with E-state index < -0.39 is 60.1 Å². The summed E-state index contributed by atoms with van der Waals surface area (Å²) in [6, 6.07) is 3.80. The number of aliphatic hydroxyl groups is 2. The predicted octanol–water partition coefficient (Wildman–Crippen LogP) is -1.10. The van der Waals surface area contributed by atoms with Crippen LogP contribution in [0.15, 0.2) is 30.3 Å². The highest BCUT2D eigenvalue weighted by molar-refractivity contribution is 5.94. The second-order valence-electron chi connectivity index (χ2n) is 8.45. The van der Waals surface area contributed by atoms with E-state index in [1.807, 2.05) is 0 Å². The Kier molecular flexibility index (Phi) is 11.6. The molecule has 0 aromatic heterocycles. The first-order chi connectivity index (χ1) is 15.9. The molecule has 11 nitrogen and oxygen atoms in total. The van der Waals surface area contributed by atoms with Gasteiger partial charge in [0.1, 0.15) is 18.1 Å². The van der Waals surface area contributed by atoms with Gasteiger partial charge in [-0.2, -0.15) is 0 Å². The quantitative estimate of drug-likeness (QED) is 0.185. The lowest BCUT2D eigenvalue weighted by Gasteiger charge is -2.28. The molecule has 0 aliphatic carbocycles. The third kappa shape index (κ3) is 8.73. The maximum Gasteiger partial charge on any atom is 0.328 e. The Morgan fingerprint density at radius 1 is 0.853 bits per heavy atom. The van der Waals surface area contributed by atoms with Crippen LogP contribution in [0.5, 0.6) is 0 Å². The van der Waals surface area contributed by atoms with Crippen LogP contribution in [-0.4, -0.2) is 75.4 Å². The summed E-state index contributed by atoms with van der Waals surface area (Å²) in [6.45, 7) is 6.08. The van der Waals surface area contributed by atoms with Crippen molar-refractivity contribution >= 4 is 23.7 Å². The minimum atomic E-state index is -1.56. The SMILES string of the molecule is CCC(C)C(NC(=O)C(Cc1ccccc1)NC(=O)C(N)C(C)O)C(=O)NC(C(=O)O)C(C)O. The van der Waals surface area contributed by atoms with Crippen LogP contribution in [0.25, 0.3) is 0 Å². The maximum atomic E-state index is 13.2. The van der Waals surface area contributed by atoms with Gasteiger partial charge >= 0.3 is 5.97 Å². The van der Waals surface area contributed by atoms with Gasteiger partial charge in [-0.15, -0.1) is 0 Å². The average molecular weight is 481 g/mol. The molecule has 3 amide bonds. The molecule has 34 heavy (non-hydrogen) atoms. The van der Waals surface area contributed by atoms with Gasteiger partial charge in [0.15, 0.2) is 6.04 Å². The summed E-state index contributed by atoms with van der Waals surface area (Å²) in [5, 5.41) is 35.9. The van der Waals surface area contributed by atoms with E-state index in [4.69, 9.17) is 5.73 Å². The van der Waals surface area contributed by atoms with Crippen molar-refractivity contribution in [3.63, 3.8) is 0 Å². The van der Waals surface area contributed by atoms with Crippen molar-refractivity contribution in [2.24, 2.45) is 11.7 Å². The largest absolute Gasteiger partial charge is 0.480 e. The van der Waals surface area contributed by atoms with Crippen LogP contribution in [0.2, 0.25) is 0 Å². The molecule has 0 aliphatic rings. The fraction of sp³-hybridized carbons (Fsp3) is 0.565. The second kappa shape index (κ2) is 13.6. The number of nitrogens with one attached hydrogen (secondary N) is 3. The molecule has 0 saturated heterocycles. The molecule has 0 aliphatic heterocycles. The third-order valence-electron chi connectivity index (χ3n) is 5.58. The highest BCUT2D eigenvalue weighted by Gasteiger charge is 2.34. The highest BCUT2D eigenvalue weighted by atomic mass is 16.4. The van der Waals surface area contributed by atoms with Crippen LogP contribution in [-0.2, 0) is 25.6 Å². The molecule has 0 bridgehead atoms. The van der Waals surface area contributed by atoms with E-state index >= 15 is 0 Å². The predicted molar refractivity (Wildman–Crippen MR) is 124 cm³/mol. The van der Waals surface area contributed by atoms with Crippen molar-refractivity contribution < 1.29 is 34.5 Å². The van der Waals surface area contributed by atoms with E-state index in [0.717, 1.165) is 5.56 Å². The third-order valence-corrected chi connectivity index (χ3v) is 5.58. The number of carboxylic acids is 1. The number of hydrogen-bond acceptors (Lipinski definition) is 7. The normalized spacial score (nSPS) is 17.3. The fourth-order valence-corrected chi connectivity index (χ4v) is 3.13. The summed E-state index contributed by atoms with van der Waals surface area (Å²) in [7, 11) is 0. The minimum absolute atomic E-state index is 0.0885. The molecule has 11 heteroatoms. The van der Waals surface area contributed by atoms with Crippen LogP contribution in [0, 0.1) is 5.92 Å². The second-order valence-corrected chi connectivity index (χ2v) is 8.45. The standard InChI is InChI=1S/C23H36N4O7/c1-5-12(2)18(22(32)27-19(14(4)29)23(33)34)26-20(30)16(11-15-9-7-6-8-10-15)25-21(31)17(24)13(3)28/h6-10,12-14,16-19,28-29H,5,11,24H2,1-4H3,(H,25,31)(H,26,30)(H,27,32)(H,33,34). The molecule has 0 spiro atoms. The first-order valence-corrected chi connectivity index (χ1v) is 11.2. The van der Waals surface area contributed by atoms with Crippen molar-refractivity contribution in [3.8, 4) is 0 Å². The maximum absolute atomic E-state index is 13.2. The molecule has 0 heterocycles. The van der Waals surface area contributed by atoms with E-state index in [-0.39, 0.29) is 12.3 Å². The Hall–Kier alpha value is -3.02. The summed E-state index contributed by atoms with van der Waals surface area (Å²) in [6.07, 6.45) is -1.94. The Morgan fingerprint density at radius 2 is 1.41 bits per heavy atom. The zero-order chi connectivity index (χ0) is 26.0. The number of carbonyl (C=O) groups excluding carboxylic acids is 3. The molecule has 190 valence electrons. The van der Waals surface area contributed by atoms with E-state index in [1.165, 1.54) is 13.8 Å². The van der Waals surface area contributed by atoms with Gasteiger partial charge in [0.2, 0.25) is 17.7 Å². The van der Waals surface area contributed by atoms with Crippen molar-refractivity contribution in [1.29, 1.82) is 0 Å². The molecule has 1 aromatic carbocycles. The van der Waals surface area contributed by atoms with Crippen LogP contribution < -0.4 is 21.7 Å². The summed E-state index contributed by atoms with van der Waals surface area (Å²) in [5.74, 6) is -4.00. The van der Waals surface area contributed by atoms with Gasteiger partial charge < -0.3 is 37.0 Å². The van der Waals surface area contributed by atoms with Crippen LogP contribution in [0.3, 0.4) is 0 Å². The van der Waals surface area contributed by atoms with E-state index in [9.17, 15) is 34.5 Å². The monoisotopic (exact) mass is 480 g/mol. The molecule has 8 N–H and O–H groups in total. The zero-order valence-corrected chi connectivity index (χ0v) is 19.9. The number of carbonyl (C=O) groups is 4. The summed E-state index contributed by atoms with van der Waals surface area (Å²) >= 11 is 0. The van der Waals surface area contributed by atoms with E-state index in [2.05, 4.69) is 16.0 Å². The molecular formula is C23H36N4O7. The van der Waals surface area contributed by atoms with Crippen molar-refractivity contribution in [3.05, 3.63) is 35.9 Å². The molecular weight excluding hydrogens is 444 g/mol. The number of hydrogen-bond donors (Lipinski definition) is 7. The number of amides is 3. The van der Waals surface area contributed by atoms with Crippen LogP contribution >= 0.6 is 0 Å².